The van der Waals surface area contributed by atoms with E-state index in [1.165, 1.54) is 4.90 Å². The molecule has 1 aliphatic rings. The first-order chi connectivity index (χ1) is 11.1. The molecule has 23 heavy (non-hydrogen) atoms. The molecule has 0 spiro atoms. The van der Waals surface area contributed by atoms with E-state index < -0.39 is 0 Å². The van der Waals surface area contributed by atoms with Crippen LogP contribution in [0.5, 0.6) is 0 Å². The second kappa shape index (κ2) is 7.16. The van der Waals surface area contributed by atoms with E-state index >= 15 is 0 Å². The van der Waals surface area contributed by atoms with Crippen molar-refractivity contribution in [2.24, 2.45) is 4.99 Å². The number of nitrogens with zero attached hydrogens (tertiary/aromatic N) is 2. The number of aliphatic imine (C=N–C) groups is 1. The summed E-state index contributed by atoms with van der Waals surface area (Å²) in [5.74, 6) is 0. The predicted molar refractivity (Wildman–Crippen MR) is 103 cm³/mol. The fraction of sp³-hybridized carbons (Fsp3) is 0.278. The summed E-state index contributed by atoms with van der Waals surface area (Å²) >= 11 is 14.6. The van der Waals surface area contributed by atoms with Crippen LogP contribution in [0.2, 0.25) is 5.02 Å². The third-order valence-corrected chi connectivity index (χ3v) is 5.25. The topological polar surface area (TPSA) is 15.6 Å². The molecule has 0 aliphatic carbocycles. The lowest BCUT2D eigenvalue weighted by atomic mass is 9.99. The lowest BCUT2D eigenvalue weighted by molar-refractivity contribution is 0.797. The van der Waals surface area contributed by atoms with Crippen LogP contribution in [-0.4, -0.2) is 37.5 Å². The number of hydrogen-bond acceptors (Lipinski definition) is 3. The Morgan fingerprint density at radius 1 is 1.17 bits per heavy atom. The Hall–Kier alpha value is -1.16. The smallest absolute Gasteiger partial charge is 0.0755 e. The Balaban J connectivity index is 2.22. The largest absolute Gasteiger partial charge is 0.372 e. The Morgan fingerprint density at radius 2 is 1.96 bits per heavy atom. The van der Waals surface area contributed by atoms with Gasteiger partial charge in [-0.2, -0.15) is 0 Å². The van der Waals surface area contributed by atoms with Crippen molar-refractivity contribution in [3.05, 3.63) is 58.6 Å². The number of thioether (sulfide) groups is 1. The molecule has 3 rings (SSSR count). The molecule has 0 radical (unpaired) electrons. The first-order valence-corrected chi connectivity index (χ1v) is 9.47. The molecule has 1 atom stereocenters. The Bertz CT molecular complexity index is 746. The Labute approximate surface area is 151 Å². The molecule has 0 amide bonds. The molecule has 1 unspecified atom stereocenters. The Morgan fingerprint density at radius 3 is 2.70 bits per heavy atom. The van der Waals surface area contributed by atoms with E-state index in [0.29, 0.717) is 11.6 Å². The minimum absolute atomic E-state index is 0.0223. The number of alkyl halides is 1. The summed E-state index contributed by atoms with van der Waals surface area (Å²) in [4.78, 5) is 8.22. The van der Waals surface area contributed by atoms with E-state index in [1.54, 1.807) is 11.8 Å². The molecular weight excluding hydrogens is 347 g/mol. The average Bonchev–Trinajstić information content (AvgIpc) is 2.55. The zero-order valence-electron chi connectivity index (χ0n) is 13.1. The van der Waals surface area contributed by atoms with Crippen LogP contribution in [0.3, 0.4) is 0 Å². The molecule has 120 valence electrons. The van der Waals surface area contributed by atoms with Gasteiger partial charge >= 0.3 is 0 Å². The number of benzene rings is 2. The molecule has 2 nitrogen and oxygen atoms in total. The van der Waals surface area contributed by atoms with E-state index in [0.717, 1.165) is 29.1 Å². The standard InChI is InChI=1S/C18H18Cl2N2S/c1-22-11-12(19)10-21-18(14-5-3-4-6-16(14)20)15-9-13(23-2)7-8-17(15)22/h3-9,12H,10-11H2,1-2H3. The highest BCUT2D eigenvalue weighted by atomic mass is 35.5. The second-order valence-corrected chi connectivity index (χ2v) is 7.43. The maximum atomic E-state index is 6.43. The molecule has 1 aliphatic heterocycles. The number of halogens is 2. The van der Waals surface area contributed by atoms with Gasteiger partial charge in [0.2, 0.25) is 0 Å². The van der Waals surface area contributed by atoms with Gasteiger partial charge in [-0.3, -0.25) is 4.99 Å². The van der Waals surface area contributed by atoms with Crippen LogP contribution in [0.15, 0.2) is 52.4 Å². The van der Waals surface area contributed by atoms with Crippen LogP contribution in [0.1, 0.15) is 11.1 Å². The van der Waals surface area contributed by atoms with Gasteiger partial charge < -0.3 is 4.90 Å². The monoisotopic (exact) mass is 364 g/mol. The summed E-state index contributed by atoms with van der Waals surface area (Å²) in [5, 5.41) is 0.687. The molecule has 0 aromatic heterocycles. The van der Waals surface area contributed by atoms with Gasteiger partial charge in [0.25, 0.3) is 0 Å². The van der Waals surface area contributed by atoms with Gasteiger partial charge in [-0.25, -0.2) is 0 Å². The summed E-state index contributed by atoms with van der Waals surface area (Å²) in [6.07, 6.45) is 2.08. The predicted octanol–water partition coefficient (Wildman–Crippen LogP) is 4.96. The highest BCUT2D eigenvalue weighted by molar-refractivity contribution is 7.98. The van der Waals surface area contributed by atoms with Gasteiger partial charge in [-0.1, -0.05) is 29.8 Å². The molecule has 0 bridgehead atoms. The number of rotatable bonds is 2. The van der Waals surface area contributed by atoms with Crippen molar-refractivity contribution in [1.29, 1.82) is 0 Å². The van der Waals surface area contributed by atoms with Crippen LogP contribution in [0.25, 0.3) is 0 Å². The Kier molecular flexibility index (Phi) is 5.20. The maximum Gasteiger partial charge on any atom is 0.0755 e. The SMILES string of the molecule is CSc1ccc2c(c1)C(c1ccccc1Cl)=NCC(Cl)CN2C. The van der Waals surface area contributed by atoms with E-state index in [-0.39, 0.29) is 5.38 Å². The fourth-order valence-electron chi connectivity index (χ4n) is 2.78. The molecule has 2 aromatic rings. The molecule has 0 saturated carbocycles. The lowest BCUT2D eigenvalue weighted by Gasteiger charge is -2.28. The summed E-state index contributed by atoms with van der Waals surface area (Å²) in [7, 11) is 2.07. The van der Waals surface area contributed by atoms with Gasteiger partial charge in [0.05, 0.1) is 17.6 Å². The first kappa shape index (κ1) is 16.7. The van der Waals surface area contributed by atoms with Crippen molar-refractivity contribution in [2.45, 2.75) is 10.3 Å². The normalized spacial score (nSPS) is 18.0. The quantitative estimate of drug-likeness (QED) is 0.552. The molecule has 0 fully saturated rings. The molecule has 1 heterocycles. The van der Waals surface area contributed by atoms with E-state index in [9.17, 15) is 0 Å². The number of hydrogen-bond donors (Lipinski definition) is 0. The van der Waals surface area contributed by atoms with Crippen molar-refractivity contribution in [3.8, 4) is 0 Å². The summed E-state index contributed by atoms with van der Waals surface area (Å²) in [6.45, 7) is 1.35. The minimum atomic E-state index is -0.0223. The van der Waals surface area contributed by atoms with Crippen molar-refractivity contribution < 1.29 is 0 Å². The minimum Gasteiger partial charge on any atom is -0.372 e. The van der Waals surface area contributed by atoms with Crippen LogP contribution in [0.4, 0.5) is 5.69 Å². The van der Waals surface area contributed by atoms with Crippen LogP contribution in [0, 0.1) is 0 Å². The third kappa shape index (κ3) is 3.52. The zero-order valence-corrected chi connectivity index (χ0v) is 15.4. The number of anilines is 1. The summed E-state index contributed by atoms with van der Waals surface area (Å²) in [5.41, 5.74) is 4.11. The fourth-order valence-corrected chi connectivity index (χ4v) is 3.72. The van der Waals surface area contributed by atoms with Gasteiger partial charge in [0.1, 0.15) is 0 Å². The van der Waals surface area contributed by atoms with Gasteiger partial charge in [0, 0.05) is 40.3 Å². The van der Waals surface area contributed by atoms with Crippen molar-refractivity contribution in [3.63, 3.8) is 0 Å². The average molecular weight is 365 g/mol. The number of fused-ring (bicyclic) bond motifs is 1. The third-order valence-electron chi connectivity index (χ3n) is 3.92. The molecule has 0 N–H and O–H groups in total. The molecule has 5 heteroatoms. The molecular formula is C18H18Cl2N2S. The lowest BCUT2D eigenvalue weighted by Crippen LogP contribution is -2.31. The summed E-state index contributed by atoms with van der Waals surface area (Å²) < 4.78 is 0. The van der Waals surface area contributed by atoms with Crippen molar-refractivity contribution >= 4 is 46.4 Å². The van der Waals surface area contributed by atoms with E-state index in [1.807, 2.05) is 24.3 Å². The van der Waals surface area contributed by atoms with Crippen molar-refractivity contribution in [2.75, 3.05) is 31.3 Å². The highest BCUT2D eigenvalue weighted by Gasteiger charge is 2.21. The van der Waals surface area contributed by atoms with Gasteiger partial charge in [-0.15, -0.1) is 23.4 Å². The van der Waals surface area contributed by atoms with Gasteiger partial charge in [0.15, 0.2) is 0 Å². The molecule has 2 aromatic carbocycles. The second-order valence-electron chi connectivity index (χ2n) is 5.53. The van der Waals surface area contributed by atoms with E-state index in [2.05, 4.69) is 36.4 Å². The van der Waals surface area contributed by atoms with Crippen LogP contribution >= 0.6 is 35.0 Å². The van der Waals surface area contributed by atoms with E-state index in [4.69, 9.17) is 28.2 Å². The highest BCUT2D eigenvalue weighted by Crippen LogP contribution is 2.31. The first-order valence-electron chi connectivity index (χ1n) is 7.43. The van der Waals surface area contributed by atoms with Crippen molar-refractivity contribution in [1.82, 2.24) is 0 Å². The summed E-state index contributed by atoms with van der Waals surface area (Å²) in [6, 6.07) is 14.3. The van der Waals surface area contributed by atoms with Crippen LogP contribution < -0.4 is 4.90 Å². The molecule has 0 saturated heterocycles. The van der Waals surface area contributed by atoms with Crippen LogP contribution in [-0.2, 0) is 0 Å². The maximum absolute atomic E-state index is 6.43. The van der Waals surface area contributed by atoms with Gasteiger partial charge in [-0.05, 0) is 30.5 Å². The zero-order chi connectivity index (χ0) is 16.4.